The molecule has 3 saturated heterocycles. The molecule has 0 aromatic rings. The number of carbonyl (C=O) groups excluding carboxylic acids is 1. The van der Waals surface area contributed by atoms with Gasteiger partial charge in [-0.3, -0.25) is 14.5 Å². The minimum Gasteiger partial charge on any atom is -0.481 e. The van der Waals surface area contributed by atoms with Gasteiger partial charge in [0.1, 0.15) is 0 Å². The van der Waals surface area contributed by atoms with Crippen molar-refractivity contribution in [1.82, 2.24) is 9.80 Å². The van der Waals surface area contributed by atoms with Crippen molar-refractivity contribution in [2.24, 2.45) is 5.92 Å². The van der Waals surface area contributed by atoms with Crippen LogP contribution in [0.3, 0.4) is 0 Å². The molecule has 0 saturated carbocycles. The van der Waals surface area contributed by atoms with Gasteiger partial charge in [0.2, 0.25) is 5.91 Å². The number of carboxylic acids is 1. The van der Waals surface area contributed by atoms with Gasteiger partial charge in [0.25, 0.3) is 0 Å². The fraction of sp³-hybridized carbons (Fsp3) is 0.875. The summed E-state index contributed by atoms with van der Waals surface area (Å²) in [5, 5.41) is 9.32. The molecule has 3 rings (SSSR count). The zero-order valence-corrected chi connectivity index (χ0v) is 13.2. The average molecular weight is 294 g/mol. The molecule has 21 heavy (non-hydrogen) atoms. The summed E-state index contributed by atoms with van der Waals surface area (Å²) in [4.78, 5) is 28.5. The Morgan fingerprint density at radius 1 is 1.10 bits per heavy atom. The molecular weight excluding hydrogens is 268 g/mol. The number of rotatable bonds is 3. The number of fused-ring (bicyclic) bond motifs is 2. The minimum absolute atomic E-state index is 0.0735. The van der Waals surface area contributed by atoms with Crippen molar-refractivity contribution in [3.63, 3.8) is 0 Å². The first-order valence-electron chi connectivity index (χ1n) is 8.24. The first-order chi connectivity index (χ1) is 9.91. The first kappa shape index (κ1) is 14.8. The second-order valence-corrected chi connectivity index (χ2v) is 7.12. The van der Waals surface area contributed by atoms with E-state index in [0.717, 1.165) is 25.7 Å². The number of amides is 1. The quantitative estimate of drug-likeness (QED) is 0.861. The number of hydrogen-bond donors (Lipinski definition) is 1. The van der Waals surface area contributed by atoms with E-state index in [1.807, 2.05) is 11.8 Å². The maximum atomic E-state index is 12.9. The van der Waals surface area contributed by atoms with Crippen LogP contribution in [0.5, 0.6) is 0 Å². The average Bonchev–Trinajstić information content (AvgIpc) is 3.10. The number of carboxylic acid groups (broad SMARTS) is 1. The molecule has 5 nitrogen and oxygen atoms in total. The number of nitrogens with zero attached hydrogens (tertiary/aromatic N) is 2. The normalized spacial score (nSPS) is 40.7. The molecule has 118 valence electrons. The minimum atomic E-state index is -0.740. The van der Waals surface area contributed by atoms with E-state index in [0.29, 0.717) is 18.5 Å². The predicted molar refractivity (Wildman–Crippen MR) is 78.9 cm³/mol. The molecule has 5 heteroatoms. The SMILES string of the molecule is CC1CCC(C)N1C(C)C(=O)N1C2CCC1C(C(=O)O)C2. The second-order valence-electron chi connectivity index (χ2n) is 7.12. The van der Waals surface area contributed by atoms with Crippen molar-refractivity contribution < 1.29 is 14.7 Å². The van der Waals surface area contributed by atoms with E-state index in [1.165, 1.54) is 0 Å². The summed E-state index contributed by atoms with van der Waals surface area (Å²) in [6.07, 6.45) is 4.75. The molecule has 0 spiro atoms. The van der Waals surface area contributed by atoms with Gasteiger partial charge >= 0.3 is 5.97 Å². The van der Waals surface area contributed by atoms with Crippen LogP contribution in [0.25, 0.3) is 0 Å². The lowest BCUT2D eigenvalue weighted by atomic mass is 9.89. The van der Waals surface area contributed by atoms with Crippen LogP contribution in [-0.2, 0) is 9.59 Å². The van der Waals surface area contributed by atoms with E-state index < -0.39 is 5.97 Å². The Morgan fingerprint density at radius 2 is 1.71 bits per heavy atom. The third-order valence-corrected chi connectivity index (χ3v) is 5.93. The summed E-state index contributed by atoms with van der Waals surface area (Å²) in [7, 11) is 0. The molecule has 6 atom stereocenters. The zero-order chi connectivity index (χ0) is 15.3. The summed E-state index contributed by atoms with van der Waals surface area (Å²) in [6.45, 7) is 6.37. The predicted octanol–water partition coefficient (Wildman–Crippen LogP) is 1.71. The largest absolute Gasteiger partial charge is 0.481 e. The van der Waals surface area contributed by atoms with Crippen molar-refractivity contribution in [2.45, 2.75) is 83.1 Å². The summed E-state index contributed by atoms with van der Waals surface area (Å²) in [5.74, 6) is -0.948. The van der Waals surface area contributed by atoms with Gasteiger partial charge in [0.15, 0.2) is 0 Å². The van der Waals surface area contributed by atoms with Crippen LogP contribution >= 0.6 is 0 Å². The van der Waals surface area contributed by atoms with Gasteiger partial charge < -0.3 is 10.0 Å². The molecule has 0 aromatic heterocycles. The van der Waals surface area contributed by atoms with Crippen molar-refractivity contribution >= 4 is 11.9 Å². The molecule has 3 aliphatic heterocycles. The number of aliphatic carboxylic acids is 1. The molecule has 3 aliphatic rings. The van der Waals surface area contributed by atoms with E-state index in [4.69, 9.17) is 0 Å². The topological polar surface area (TPSA) is 60.9 Å². The molecule has 3 heterocycles. The Kier molecular flexibility index (Phi) is 3.72. The molecule has 3 fully saturated rings. The summed E-state index contributed by atoms with van der Waals surface area (Å²) >= 11 is 0. The zero-order valence-electron chi connectivity index (χ0n) is 13.2. The molecular formula is C16H26N2O3. The lowest BCUT2D eigenvalue weighted by Gasteiger charge is -2.35. The Labute approximate surface area is 126 Å². The highest BCUT2D eigenvalue weighted by atomic mass is 16.4. The van der Waals surface area contributed by atoms with Crippen LogP contribution in [0.4, 0.5) is 0 Å². The van der Waals surface area contributed by atoms with Crippen molar-refractivity contribution in [1.29, 1.82) is 0 Å². The summed E-state index contributed by atoms with van der Waals surface area (Å²) in [5.41, 5.74) is 0. The lowest BCUT2D eigenvalue weighted by Crippen LogP contribution is -2.52. The van der Waals surface area contributed by atoms with Gasteiger partial charge in [-0.05, 0) is 52.9 Å². The lowest BCUT2D eigenvalue weighted by molar-refractivity contribution is -0.144. The highest BCUT2D eigenvalue weighted by molar-refractivity contribution is 5.84. The Balaban J connectivity index is 1.75. The van der Waals surface area contributed by atoms with Gasteiger partial charge in [-0.2, -0.15) is 0 Å². The van der Waals surface area contributed by atoms with E-state index >= 15 is 0 Å². The highest BCUT2D eigenvalue weighted by Gasteiger charge is 2.52. The molecule has 2 bridgehead atoms. The Bertz CT molecular complexity index is 443. The van der Waals surface area contributed by atoms with Gasteiger partial charge in [-0.1, -0.05) is 0 Å². The van der Waals surface area contributed by atoms with E-state index in [-0.39, 0.29) is 30.0 Å². The monoisotopic (exact) mass is 294 g/mol. The molecule has 1 N–H and O–H groups in total. The summed E-state index contributed by atoms with van der Waals surface area (Å²) < 4.78 is 0. The maximum Gasteiger partial charge on any atom is 0.308 e. The molecule has 1 amide bonds. The van der Waals surface area contributed by atoms with E-state index in [1.54, 1.807) is 0 Å². The van der Waals surface area contributed by atoms with Crippen LogP contribution in [0.15, 0.2) is 0 Å². The van der Waals surface area contributed by atoms with Crippen LogP contribution < -0.4 is 0 Å². The standard InChI is InChI=1S/C16H26N2O3/c1-9-4-5-10(2)17(9)11(3)15(19)18-12-6-7-14(18)13(8-12)16(20)21/h9-14H,4-8H2,1-3H3,(H,20,21). The number of hydrogen-bond acceptors (Lipinski definition) is 3. The molecule has 0 radical (unpaired) electrons. The van der Waals surface area contributed by atoms with Gasteiger partial charge in [-0.15, -0.1) is 0 Å². The fourth-order valence-corrected chi connectivity index (χ4v) is 4.92. The Hall–Kier alpha value is -1.10. The van der Waals surface area contributed by atoms with Crippen LogP contribution in [-0.4, -0.2) is 57.0 Å². The molecule has 6 unspecified atom stereocenters. The van der Waals surface area contributed by atoms with Gasteiger partial charge in [-0.25, -0.2) is 0 Å². The second kappa shape index (κ2) is 5.27. The van der Waals surface area contributed by atoms with Crippen molar-refractivity contribution in [2.75, 3.05) is 0 Å². The third-order valence-electron chi connectivity index (χ3n) is 5.93. The van der Waals surface area contributed by atoms with Gasteiger partial charge in [0, 0.05) is 24.2 Å². The highest BCUT2D eigenvalue weighted by Crippen LogP contribution is 2.42. The van der Waals surface area contributed by atoms with Crippen LogP contribution in [0.1, 0.15) is 52.9 Å². The number of likely N-dealkylation sites (tertiary alicyclic amines) is 1. The summed E-state index contributed by atoms with van der Waals surface area (Å²) in [6, 6.07) is 0.826. The fourth-order valence-electron chi connectivity index (χ4n) is 4.92. The van der Waals surface area contributed by atoms with Crippen LogP contribution in [0.2, 0.25) is 0 Å². The Morgan fingerprint density at radius 3 is 2.24 bits per heavy atom. The molecule has 0 aromatic carbocycles. The van der Waals surface area contributed by atoms with E-state index in [9.17, 15) is 14.7 Å². The first-order valence-corrected chi connectivity index (χ1v) is 8.24. The smallest absolute Gasteiger partial charge is 0.308 e. The van der Waals surface area contributed by atoms with Crippen molar-refractivity contribution in [3.05, 3.63) is 0 Å². The van der Waals surface area contributed by atoms with Gasteiger partial charge in [0.05, 0.1) is 12.0 Å². The third kappa shape index (κ3) is 2.26. The van der Waals surface area contributed by atoms with E-state index in [2.05, 4.69) is 18.7 Å². The van der Waals surface area contributed by atoms with Crippen molar-refractivity contribution in [3.8, 4) is 0 Å². The number of carbonyl (C=O) groups is 2. The van der Waals surface area contributed by atoms with Crippen LogP contribution in [0, 0.1) is 5.92 Å². The molecule has 0 aliphatic carbocycles. The maximum absolute atomic E-state index is 12.9.